The summed E-state index contributed by atoms with van der Waals surface area (Å²) in [5, 5.41) is 6.76. The van der Waals surface area contributed by atoms with E-state index in [4.69, 9.17) is 4.52 Å². The fourth-order valence-corrected chi connectivity index (χ4v) is 3.01. The van der Waals surface area contributed by atoms with Gasteiger partial charge >= 0.3 is 0 Å². The molecule has 2 aromatic heterocycles. The summed E-state index contributed by atoms with van der Waals surface area (Å²) in [6.07, 6.45) is 6.12. The van der Waals surface area contributed by atoms with Crippen LogP contribution < -0.4 is 10.2 Å². The maximum absolute atomic E-state index is 12.2. The van der Waals surface area contributed by atoms with Crippen LogP contribution in [0.25, 0.3) is 0 Å². The molecule has 0 aromatic carbocycles. The third-order valence-electron chi connectivity index (χ3n) is 4.38. The molecule has 2 aromatic rings. The lowest BCUT2D eigenvalue weighted by Gasteiger charge is -2.27. The molecule has 3 rings (SSSR count). The second-order valence-corrected chi connectivity index (χ2v) is 6.16. The van der Waals surface area contributed by atoms with Gasteiger partial charge in [-0.05, 0) is 39.5 Å². The van der Waals surface area contributed by atoms with Gasteiger partial charge in [0.15, 0.2) is 0 Å². The zero-order chi connectivity index (χ0) is 16.9. The van der Waals surface area contributed by atoms with Crippen molar-refractivity contribution in [3.05, 3.63) is 29.4 Å². The quantitative estimate of drug-likeness (QED) is 0.908. The van der Waals surface area contributed by atoms with Crippen LogP contribution in [0.15, 0.2) is 16.9 Å². The van der Waals surface area contributed by atoms with Gasteiger partial charge in [-0.3, -0.25) is 4.79 Å². The number of nitrogens with zero attached hydrogens (tertiary/aromatic N) is 4. The van der Waals surface area contributed by atoms with Crippen LogP contribution in [-0.4, -0.2) is 34.1 Å². The predicted octanol–water partition coefficient (Wildman–Crippen LogP) is 2.64. The van der Waals surface area contributed by atoms with Crippen molar-refractivity contribution in [2.75, 3.05) is 23.3 Å². The minimum absolute atomic E-state index is 0.0710. The van der Waals surface area contributed by atoms with Gasteiger partial charge in [0.2, 0.25) is 5.91 Å². The molecule has 1 amide bonds. The number of piperidine rings is 1. The SMILES string of the molecule is Cc1noc(C)c1CCC(=O)Nc1cc(N2CCCCC2)ncn1. The molecule has 128 valence electrons. The first-order chi connectivity index (χ1) is 11.6. The van der Waals surface area contributed by atoms with Crippen molar-refractivity contribution >= 4 is 17.5 Å². The highest BCUT2D eigenvalue weighted by Gasteiger charge is 2.14. The van der Waals surface area contributed by atoms with Crippen LogP contribution in [0.4, 0.5) is 11.6 Å². The van der Waals surface area contributed by atoms with Crippen molar-refractivity contribution in [1.82, 2.24) is 15.1 Å². The minimum Gasteiger partial charge on any atom is -0.361 e. The van der Waals surface area contributed by atoms with Crippen molar-refractivity contribution < 1.29 is 9.32 Å². The molecule has 0 atom stereocenters. The Balaban J connectivity index is 1.58. The van der Waals surface area contributed by atoms with Crippen LogP contribution in [-0.2, 0) is 11.2 Å². The van der Waals surface area contributed by atoms with Crippen molar-refractivity contribution in [3.63, 3.8) is 0 Å². The Hall–Kier alpha value is -2.44. The fraction of sp³-hybridized carbons (Fsp3) is 0.529. The third kappa shape index (κ3) is 3.90. The molecule has 0 spiro atoms. The number of rotatable bonds is 5. The zero-order valence-electron chi connectivity index (χ0n) is 14.2. The van der Waals surface area contributed by atoms with Gasteiger partial charge in [0.25, 0.3) is 0 Å². The standard InChI is InChI=1S/C17H23N5O2/c1-12-14(13(2)24-21-12)6-7-17(23)20-15-10-16(19-11-18-15)22-8-4-3-5-9-22/h10-11H,3-9H2,1-2H3,(H,18,19,20,23). The normalized spacial score (nSPS) is 14.7. The average molecular weight is 329 g/mol. The minimum atomic E-state index is -0.0710. The number of hydrogen-bond acceptors (Lipinski definition) is 6. The molecule has 24 heavy (non-hydrogen) atoms. The monoisotopic (exact) mass is 329 g/mol. The molecule has 1 saturated heterocycles. The topological polar surface area (TPSA) is 84.2 Å². The summed E-state index contributed by atoms with van der Waals surface area (Å²) in [6, 6.07) is 1.85. The van der Waals surface area contributed by atoms with Gasteiger partial charge < -0.3 is 14.7 Å². The van der Waals surface area contributed by atoms with Crippen LogP contribution in [0.1, 0.15) is 42.7 Å². The summed E-state index contributed by atoms with van der Waals surface area (Å²) in [6.45, 7) is 5.77. The van der Waals surface area contributed by atoms with Gasteiger partial charge in [0, 0.05) is 31.1 Å². The first kappa shape index (κ1) is 16.4. The summed E-state index contributed by atoms with van der Waals surface area (Å²) in [4.78, 5) is 22.9. The Morgan fingerprint density at radius 3 is 2.75 bits per heavy atom. The van der Waals surface area contributed by atoms with E-state index in [1.54, 1.807) is 0 Å². The molecular formula is C17H23N5O2. The van der Waals surface area contributed by atoms with Gasteiger partial charge in [-0.2, -0.15) is 0 Å². The van der Waals surface area contributed by atoms with Crippen molar-refractivity contribution in [2.24, 2.45) is 0 Å². The van der Waals surface area contributed by atoms with E-state index in [-0.39, 0.29) is 5.91 Å². The first-order valence-corrected chi connectivity index (χ1v) is 8.42. The van der Waals surface area contributed by atoms with E-state index in [2.05, 4.69) is 25.3 Å². The molecule has 1 aliphatic rings. The zero-order valence-corrected chi connectivity index (χ0v) is 14.2. The number of hydrogen-bond donors (Lipinski definition) is 1. The highest BCUT2D eigenvalue weighted by Crippen LogP contribution is 2.19. The van der Waals surface area contributed by atoms with Gasteiger partial charge in [-0.15, -0.1) is 0 Å². The predicted molar refractivity (Wildman–Crippen MR) is 91.0 cm³/mol. The maximum atomic E-state index is 12.2. The number of carbonyl (C=O) groups excluding carboxylic acids is 1. The number of nitrogens with one attached hydrogen (secondary N) is 1. The molecule has 0 radical (unpaired) electrons. The van der Waals surface area contributed by atoms with Crippen LogP contribution in [0, 0.1) is 13.8 Å². The van der Waals surface area contributed by atoms with Crippen LogP contribution in [0.3, 0.4) is 0 Å². The molecule has 0 aliphatic carbocycles. The van der Waals surface area contributed by atoms with Crippen molar-refractivity contribution in [3.8, 4) is 0 Å². The molecule has 7 heteroatoms. The van der Waals surface area contributed by atoms with E-state index in [0.29, 0.717) is 18.7 Å². The molecule has 7 nitrogen and oxygen atoms in total. The number of aryl methyl sites for hydroxylation is 2. The molecule has 0 unspecified atom stereocenters. The van der Waals surface area contributed by atoms with E-state index in [1.807, 2.05) is 19.9 Å². The first-order valence-electron chi connectivity index (χ1n) is 8.42. The lowest BCUT2D eigenvalue weighted by molar-refractivity contribution is -0.116. The van der Waals surface area contributed by atoms with Crippen molar-refractivity contribution in [2.45, 2.75) is 46.0 Å². The van der Waals surface area contributed by atoms with E-state index < -0.39 is 0 Å². The molecule has 0 saturated carbocycles. The number of amides is 1. The summed E-state index contributed by atoms with van der Waals surface area (Å²) in [5.74, 6) is 2.13. The fourth-order valence-electron chi connectivity index (χ4n) is 3.01. The van der Waals surface area contributed by atoms with Gasteiger partial charge in [0.05, 0.1) is 5.69 Å². The van der Waals surface area contributed by atoms with Crippen LogP contribution >= 0.6 is 0 Å². The van der Waals surface area contributed by atoms with Crippen molar-refractivity contribution in [1.29, 1.82) is 0 Å². The average Bonchev–Trinajstić information content (AvgIpc) is 2.92. The molecule has 1 fully saturated rings. The Morgan fingerprint density at radius 1 is 1.25 bits per heavy atom. The molecule has 1 N–H and O–H groups in total. The lowest BCUT2D eigenvalue weighted by Crippen LogP contribution is -2.30. The van der Waals surface area contributed by atoms with Gasteiger partial charge in [-0.25, -0.2) is 9.97 Å². The summed E-state index contributed by atoms with van der Waals surface area (Å²) >= 11 is 0. The maximum Gasteiger partial charge on any atom is 0.225 e. The molecule has 0 bridgehead atoms. The highest BCUT2D eigenvalue weighted by atomic mass is 16.5. The Morgan fingerprint density at radius 2 is 2.04 bits per heavy atom. The van der Waals surface area contributed by atoms with E-state index >= 15 is 0 Å². The molecule has 3 heterocycles. The van der Waals surface area contributed by atoms with Gasteiger partial charge in [-0.1, -0.05) is 5.16 Å². The second kappa shape index (κ2) is 7.42. The summed E-state index contributed by atoms with van der Waals surface area (Å²) in [7, 11) is 0. The Kier molecular flexibility index (Phi) is 5.08. The van der Waals surface area contributed by atoms with E-state index in [1.165, 1.54) is 25.6 Å². The summed E-state index contributed by atoms with van der Waals surface area (Å²) < 4.78 is 5.12. The highest BCUT2D eigenvalue weighted by molar-refractivity contribution is 5.90. The second-order valence-electron chi connectivity index (χ2n) is 6.16. The van der Waals surface area contributed by atoms with Gasteiger partial charge in [0.1, 0.15) is 23.7 Å². The number of anilines is 2. The number of carbonyl (C=O) groups is 1. The largest absolute Gasteiger partial charge is 0.361 e. The molecule has 1 aliphatic heterocycles. The third-order valence-corrected chi connectivity index (χ3v) is 4.38. The Labute approximate surface area is 141 Å². The molecular weight excluding hydrogens is 306 g/mol. The Bertz CT molecular complexity index is 687. The van der Waals surface area contributed by atoms with Crippen LogP contribution in [0.2, 0.25) is 0 Å². The van der Waals surface area contributed by atoms with E-state index in [9.17, 15) is 4.79 Å². The smallest absolute Gasteiger partial charge is 0.225 e. The van der Waals surface area contributed by atoms with E-state index in [0.717, 1.165) is 35.9 Å². The number of aromatic nitrogens is 3. The lowest BCUT2D eigenvalue weighted by atomic mass is 10.1. The van der Waals surface area contributed by atoms with Crippen LogP contribution in [0.5, 0.6) is 0 Å². The summed E-state index contributed by atoms with van der Waals surface area (Å²) in [5.41, 5.74) is 1.84.